The van der Waals surface area contributed by atoms with E-state index < -0.39 is 0 Å². The molecule has 15 heavy (non-hydrogen) atoms. The van der Waals surface area contributed by atoms with E-state index in [9.17, 15) is 5.11 Å². The van der Waals surface area contributed by atoms with E-state index in [4.69, 9.17) is 0 Å². The fourth-order valence-corrected chi connectivity index (χ4v) is 2.92. The highest BCUT2D eigenvalue weighted by atomic mass is 32.1. The zero-order chi connectivity index (χ0) is 10.7. The summed E-state index contributed by atoms with van der Waals surface area (Å²) in [5.74, 6) is 0. The van der Waals surface area contributed by atoms with E-state index in [1.54, 1.807) is 11.3 Å². The number of aryl methyl sites for hydroxylation is 1. The summed E-state index contributed by atoms with van der Waals surface area (Å²) in [4.78, 5) is 6.83. The summed E-state index contributed by atoms with van der Waals surface area (Å²) < 4.78 is 0. The quantitative estimate of drug-likeness (QED) is 0.854. The van der Waals surface area contributed by atoms with Gasteiger partial charge in [-0.1, -0.05) is 6.42 Å². The normalized spacial score (nSPS) is 23.2. The first-order valence-corrected chi connectivity index (χ1v) is 6.43. The van der Waals surface area contributed by atoms with Crippen LogP contribution in [0.25, 0.3) is 0 Å². The van der Waals surface area contributed by atoms with Gasteiger partial charge in [-0.25, -0.2) is 4.98 Å². The lowest BCUT2D eigenvalue weighted by atomic mass is 10.0. The first kappa shape index (κ1) is 11.0. The molecule has 84 valence electrons. The molecule has 4 heteroatoms. The Hall–Kier alpha value is -0.450. The van der Waals surface area contributed by atoms with Crippen LogP contribution in [0, 0.1) is 6.92 Å². The Morgan fingerprint density at radius 1 is 1.60 bits per heavy atom. The average molecular weight is 226 g/mol. The van der Waals surface area contributed by atoms with Crippen LogP contribution in [0.3, 0.4) is 0 Å². The van der Waals surface area contributed by atoms with Gasteiger partial charge in [0, 0.05) is 17.1 Å². The van der Waals surface area contributed by atoms with Gasteiger partial charge in [0.15, 0.2) is 0 Å². The van der Waals surface area contributed by atoms with E-state index in [1.807, 2.05) is 6.92 Å². The highest BCUT2D eigenvalue weighted by Gasteiger charge is 2.22. The number of hydrogen-bond donors (Lipinski definition) is 1. The number of piperidine rings is 1. The molecule has 1 aliphatic rings. The molecule has 1 fully saturated rings. The largest absolute Gasteiger partial charge is 0.395 e. The van der Waals surface area contributed by atoms with Crippen LogP contribution in [0.4, 0.5) is 0 Å². The van der Waals surface area contributed by atoms with Crippen molar-refractivity contribution in [3.05, 3.63) is 16.1 Å². The van der Waals surface area contributed by atoms with E-state index in [-0.39, 0.29) is 6.61 Å². The van der Waals surface area contributed by atoms with Crippen molar-refractivity contribution in [1.29, 1.82) is 0 Å². The molecule has 1 aromatic heterocycles. The smallest absolute Gasteiger partial charge is 0.107 e. The van der Waals surface area contributed by atoms with E-state index in [0.29, 0.717) is 6.04 Å². The van der Waals surface area contributed by atoms with Crippen LogP contribution in [0.15, 0.2) is 5.38 Å². The molecular formula is C11H18N2OS. The van der Waals surface area contributed by atoms with Gasteiger partial charge in [-0.15, -0.1) is 11.3 Å². The molecule has 1 aliphatic heterocycles. The Kier molecular flexibility index (Phi) is 3.72. The van der Waals surface area contributed by atoms with Gasteiger partial charge in [0.25, 0.3) is 0 Å². The molecule has 0 radical (unpaired) electrons. The minimum atomic E-state index is 0.282. The second-order valence-corrected chi connectivity index (χ2v) is 5.13. The van der Waals surface area contributed by atoms with Crippen molar-refractivity contribution in [2.24, 2.45) is 0 Å². The van der Waals surface area contributed by atoms with Gasteiger partial charge in [-0.3, -0.25) is 4.90 Å². The lowest BCUT2D eigenvalue weighted by molar-refractivity contribution is 0.0840. The molecule has 0 saturated carbocycles. The highest BCUT2D eigenvalue weighted by Crippen LogP contribution is 2.20. The number of hydrogen-bond acceptors (Lipinski definition) is 4. The van der Waals surface area contributed by atoms with E-state index in [2.05, 4.69) is 15.3 Å². The van der Waals surface area contributed by atoms with Crippen LogP contribution >= 0.6 is 11.3 Å². The standard InChI is InChI=1S/C11H18N2OS/c1-9-8-15-11(12-9)6-13-5-3-2-4-10(13)7-14/h8,10,14H,2-7H2,1H3. The monoisotopic (exact) mass is 226 g/mol. The zero-order valence-corrected chi connectivity index (χ0v) is 9.96. The Morgan fingerprint density at radius 2 is 2.47 bits per heavy atom. The highest BCUT2D eigenvalue weighted by molar-refractivity contribution is 7.09. The van der Waals surface area contributed by atoms with Gasteiger partial charge in [-0.05, 0) is 26.3 Å². The number of aliphatic hydroxyl groups excluding tert-OH is 1. The fourth-order valence-electron chi connectivity index (χ4n) is 2.12. The fraction of sp³-hybridized carbons (Fsp3) is 0.727. The van der Waals surface area contributed by atoms with Gasteiger partial charge in [-0.2, -0.15) is 0 Å². The van der Waals surface area contributed by atoms with Crippen molar-refractivity contribution >= 4 is 11.3 Å². The molecule has 0 aromatic carbocycles. The van der Waals surface area contributed by atoms with Crippen LogP contribution in [-0.2, 0) is 6.54 Å². The van der Waals surface area contributed by atoms with Crippen LogP contribution in [0.5, 0.6) is 0 Å². The summed E-state index contributed by atoms with van der Waals surface area (Å²) in [6.07, 6.45) is 3.63. The van der Waals surface area contributed by atoms with Crippen molar-refractivity contribution in [2.75, 3.05) is 13.2 Å². The number of nitrogens with zero attached hydrogens (tertiary/aromatic N) is 2. The van der Waals surface area contributed by atoms with Crippen molar-refractivity contribution < 1.29 is 5.11 Å². The first-order chi connectivity index (χ1) is 7.29. The molecule has 1 saturated heterocycles. The van der Waals surface area contributed by atoms with Crippen molar-refractivity contribution in [3.63, 3.8) is 0 Å². The number of rotatable bonds is 3. The van der Waals surface area contributed by atoms with E-state index in [0.717, 1.165) is 25.2 Å². The van der Waals surface area contributed by atoms with Gasteiger partial charge in [0.05, 0.1) is 13.2 Å². The molecule has 0 amide bonds. The maximum Gasteiger partial charge on any atom is 0.107 e. The summed E-state index contributed by atoms with van der Waals surface area (Å²) in [7, 11) is 0. The van der Waals surface area contributed by atoms with Crippen LogP contribution in [0.2, 0.25) is 0 Å². The number of aromatic nitrogens is 1. The van der Waals surface area contributed by atoms with Crippen molar-refractivity contribution in [2.45, 2.75) is 38.8 Å². The van der Waals surface area contributed by atoms with E-state index in [1.165, 1.54) is 17.8 Å². The molecule has 0 spiro atoms. The Bertz CT molecular complexity index is 313. The topological polar surface area (TPSA) is 36.4 Å². The third-order valence-corrected chi connectivity index (χ3v) is 3.92. The van der Waals surface area contributed by atoms with Crippen molar-refractivity contribution in [1.82, 2.24) is 9.88 Å². The van der Waals surface area contributed by atoms with Crippen LogP contribution in [0.1, 0.15) is 30.0 Å². The average Bonchev–Trinajstić information content (AvgIpc) is 2.65. The predicted octanol–water partition coefficient (Wildman–Crippen LogP) is 1.80. The third kappa shape index (κ3) is 2.77. The minimum absolute atomic E-state index is 0.282. The minimum Gasteiger partial charge on any atom is -0.395 e. The zero-order valence-electron chi connectivity index (χ0n) is 9.15. The second-order valence-electron chi connectivity index (χ2n) is 4.19. The van der Waals surface area contributed by atoms with Crippen LogP contribution < -0.4 is 0 Å². The molecule has 0 bridgehead atoms. The first-order valence-electron chi connectivity index (χ1n) is 5.55. The molecule has 1 atom stereocenters. The lowest BCUT2D eigenvalue weighted by Crippen LogP contribution is -2.41. The van der Waals surface area contributed by atoms with Gasteiger partial charge >= 0.3 is 0 Å². The van der Waals surface area contributed by atoms with Crippen molar-refractivity contribution in [3.8, 4) is 0 Å². The Labute approximate surface area is 94.8 Å². The second kappa shape index (κ2) is 5.05. The SMILES string of the molecule is Cc1csc(CN2CCCCC2CO)n1. The lowest BCUT2D eigenvalue weighted by Gasteiger charge is -2.33. The van der Waals surface area contributed by atoms with Gasteiger partial charge in [0.2, 0.25) is 0 Å². The molecule has 1 aromatic rings. The Balaban J connectivity index is 1.97. The molecular weight excluding hydrogens is 208 g/mol. The molecule has 3 nitrogen and oxygen atoms in total. The van der Waals surface area contributed by atoms with Crippen LogP contribution in [-0.4, -0.2) is 34.2 Å². The maximum atomic E-state index is 9.29. The molecule has 2 heterocycles. The Morgan fingerprint density at radius 3 is 3.13 bits per heavy atom. The molecule has 1 N–H and O–H groups in total. The molecule has 2 rings (SSSR count). The maximum absolute atomic E-state index is 9.29. The summed E-state index contributed by atoms with van der Waals surface area (Å²) >= 11 is 1.72. The number of aliphatic hydroxyl groups is 1. The summed E-state index contributed by atoms with van der Waals surface area (Å²) in [5, 5.41) is 12.6. The summed E-state index contributed by atoms with van der Waals surface area (Å²) in [6, 6.07) is 0.350. The molecule has 1 unspecified atom stereocenters. The predicted molar refractivity (Wildman–Crippen MR) is 62.0 cm³/mol. The summed E-state index contributed by atoms with van der Waals surface area (Å²) in [6.45, 7) is 4.32. The summed E-state index contributed by atoms with van der Waals surface area (Å²) in [5.41, 5.74) is 1.10. The van der Waals surface area contributed by atoms with E-state index >= 15 is 0 Å². The van der Waals surface area contributed by atoms with Gasteiger partial charge in [0.1, 0.15) is 5.01 Å². The third-order valence-electron chi connectivity index (χ3n) is 2.96. The molecule has 0 aliphatic carbocycles. The number of likely N-dealkylation sites (tertiary alicyclic amines) is 1. The van der Waals surface area contributed by atoms with Gasteiger partial charge < -0.3 is 5.11 Å². The number of thiazole rings is 1.